The molecule has 0 spiro atoms. The van der Waals surface area contributed by atoms with Crippen molar-refractivity contribution in [2.24, 2.45) is 0 Å². The minimum atomic E-state index is -0.0277. The molecule has 0 bridgehead atoms. The fourth-order valence-electron chi connectivity index (χ4n) is 3.91. The van der Waals surface area contributed by atoms with Gasteiger partial charge in [-0.05, 0) is 62.7 Å². The van der Waals surface area contributed by atoms with E-state index >= 15 is 0 Å². The average molecular weight is 422 g/mol. The van der Waals surface area contributed by atoms with Crippen molar-refractivity contribution in [3.05, 3.63) is 78.4 Å². The van der Waals surface area contributed by atoms with Gasteiger partial charge in [-0.25, -0.2) is 0 Å². The molecule has 3 heterocycles. The van der Waals surface area contributed by atoms with E-state index in [1.807, 2.05) is 36.5 Å². The van der Waals surface area contributed by atoms with Gasteiger partial charge in [0.25, 0.3) is 0 Å². The Kier molecular flexibility index (Phi) is 6.01. The Balaban J connectivity index is 1.77. The Labute approximate surface area is 183 Å². The van der Waals surface area contributed by atoms with E-state index in [9.17, 15) is 0 Å². The number of pyridine rings is 1. The molecule has 1 saturated heterocycles. The first kappa shape index (κ1) is 20.4. The van der Waals surface area contributed by atoms with Crippen LogP contribution < -0.4 is 10.1 Å². The van der Waals surface area contributed by atoms with Crippen molar-refractivity contribution in [1.29, 1.82) is 0 Å². The number of methoxy groups -OCH3 is 1. The number of thiocarbonyl (C=S) groups is 1. The van der Waals surface area contributed by atoms with Crippen LogP contribution in [-0.2, 0) is 0 Å². The predicted molar refractivity (Wildman–Crippen MR) is 123 cm³/mol. The van der Waals surface area contributed by atoms with E-state index in [1.165, 1.54) is 0 Å². The van der Waals surface area contributed by atoms with Crippen LogP contribution in [0.4, 0.5) is 0 Å². The fraction of sp³-hybridized carbons (Fsp3) is 0.304. The van der Waals surface area contributed by atoms with E-state index in [-0.39, 0.29) is 12.1 Å². The molecular formula is C23H27N5OS. The molecule has 0 unspecified atom stereocenters. The SMILES string of the molecule is COc1cccc(-n2cccc2[C@@H]2[C@@H](c3ccccn3)NC(=S)N2CCN(C)C)c1. The summed E-state index contributed by atoms with van der Waals surface area (Å²) in [6.07, 6.45) is 3.92. The lowest BCUT2D eigenvalue weighted by atomic mass is 10.0. The molecule has 3 aromatic rings. The Bertz CT molecular complexity index is 1000. The van der Waals surface area contributed by atoms with E-state index < -0.39 is 0 Å². The largest absolute Gasteiger partial charge is 0.497 e. The summed E-state index contributed by atoms with van der Waals surface area (Å²) in [6.45, 7) is 1.74. The lowest BCUT2D eigenvalue weighted by Crippen LogP contribution is -2.36. The fourth-order valence-corrected chi connectivity index (χ4v) is 4.24. The molecule has 2 aromatic heterocycles. The van der Waals surface area contributed by atoms with Gasteiger partial charge in [0.1, 0.15) is 5.75 Å². The quantitative estimate of drug-likeness (QED) is 0.590. The number of hydrogen-bond acceptors (Lipinski definition) is 4. The molecule has 0 saturated carbocycles. The molecule has 1 N–H and O–H groups in total. The molecule has 1 aliphatic heterocycles. The third-order valence-electron chi connectivity index (χ3n) is 5.40. The maximum atomic E-state index is 5.76. The van der Waals surface area contributed by atoms with E-state index in [2.05, 4.69) is 69.2 Å². The first-order valence-corrected chi connectivity index (χ1v) is 10.4. The van der Waals surface area contributed by atoms with Crippen LogP contribution in [-0.4, -0.2) is 58.8 Å². The summed E-state index contributed by atoms with van der Waals surface area (Å²) in [5, 5.41) is 4.28. The van der Waals surface area contributed by atoms with Gasteiger partial charge < -0.3 is 24.4 Å². The molecule has 6 nitrogen and oxygen atoms in total. The van der Waals surface area contributed by atoms with Gasteiger partial charge in [0, 0.05) is 42.9 Å². The Morgan fingerprint density at radius 1 is 1.13 bits per heavy atom. The van der Waals surface area contributed by atoms with Gasteiger partial charge in [-0.3, -0.25) is 4.98 Å². The summed E-state index contributed by atoms with van der Waals surface area (Å²) in [7, 11) is 5.85. The van der Waals surface area contributed by atoms with Crippen LogP contribution in [0.25, 0.3) is 5.69 Å². The summed E-state index contributed by atoms with van der Waals surface area (Å²) in [5.41, 5.74) is 3.19. The molecule has 0 radical (unpaired) electrons. The van der Waals surface area contributed by atoms with E-state index in [4.69, 9.17) is 17.0 Å². The van der Waals surface area contributed by atoms with Crippen molar-refractivity contribution in [1.82, 2.24) is 24.7 Å². The molecule has 156 valence electrons. The first-order chi connectivity index (χ1) is 14.6. The highest BCUT2D eigenvalue weighted by Gasteiger charge is 2.41. The molecule has 1 aromatic carbocycles. The average Bonchev–Trinajstić information content (AvgIpc) is 3.37. The van der Waals surface area contributed by atoms with E-state index in [0.717, 1.165) is 41.0 Å². The van der Waals surface area contributed by atoms with Gasteiger partial charge in [0.05, 0.1) is 24.9 Å². The maximum Gasteiger partial charge on any atom is 0.170 e. The van der Waals surface area contributed by atoms with Crippen LogP contribution in [0.1, 0.15) is 23.5 Å². The van der Waals surface area contributed by atoms with Gasteiger partial charge >= 0.3 is 0 Å². The van der Waals surface area contributed by atoms with Crippen molar-refractivity contribution in [3.8, 4) is 11.4 Å². The number of likely N-dealkylation sites (N-methyl/N-ethyl adjacent to an activating group) is 1. The third kappa shape index (κ3) is 4.04. The van der Waals surface area contributed by atoms with E-state index in [0.29, 0.717) is 0 Å². The molecule has 4 rings (SSSR count). The van der Waals surface area contributed by atoms with Crippen molar-refractivity contribution in [2.75, 3.05) is 34.3 Å². The number of rotatable bonds is 7. The van der Waals surface area contributed by atoms with E-state index in [1.54, 1.807) is 7.11 Å². The Morgan fingerprint density at radius 3 is 2.73 bits per heavy atom. The number of nitrogens with zero attached hydrogens (tertiary/aromatic N) is 4. The second-order valence-corrected chi connectivity index (χ2v) is 8.01. The van der Waals surface area contributed by atoms with Crippen LogP contribution in [0.5, 0.6) is 5.75 Å². The van der Waals surface area contributed by atoms with Crippen LogP contribution in [0, 0.1) is 0 Å². The predicted octanol–water partition coefficient (Wildman–Crippen LogP) is 3.42. The van der Waals surface area contributed by atoms with Crippen LogP contribution >= 0.6 is 12.2 Å². The normalized spacial score (nSPS) is 18.7. The smallest absolute Gasteiger partial charge is 0.170 e. The number of benzene rings is 1. The molecule has 0 aliphatic carbocycles. The standard InChI is InChI=1S/C23H27N5OS/c1-26(2)14-15-28-22(21(25-23(28)30)19-10-4-5-12-24-19)20-11-7-13-27(20)17-8-6-9-18(16-17)29-3/h4-13,16,21-22H,14-15H2,1-3H3,(H,25,30)/t21-,22-/m1/s1. The highest BCUT2D eigenvalue weighted by molar-refractivity contribution is 7.80. The van der Waals surface area contributed by atoms with Crippen molar-refractivity contribution in [2.45, 2.75) is 12.1 Å². The van der Waals surface area contributed by atoms with Crippen molar-refractivity contribution < 1.29 is 4.74 Å². The maximum absolute atomic E-state index is 5.76. The van der Waals surface area contributed by atoms with Crippen molar-refractivity contribution >= 4 is 17.3 Å². The van der Waals surface area contributed by atoms with Gasteiger partial charge in [-0.2, -0.15) is 0 Å². The number of ether oxygens (including phenoxy) is 1. The zero-order valence-corrected chi connectivity index (χ0v) is 18.3. The Hall–Kier alpha value is -2.90. The zero-order valence-electron chi connectivity index (χ0n) is 17.5. The van der Waals surface area contributed by atoms with Gasteiger partial charge in [-0.1, -0.05) is 12.1 Å². The molecule has 0 amide bonds. The second kappa shape index (κ2) is 8.85. The number of aromatic nitrogens is 2. The minimum Gasteiger partial charge on any atom is -0.497 e. The summed E-state index contributed by atoms with van der Waals surface area (Å²) < 4.78 is 7.65. The number of nitrogens with one attached hydrogen (secondary N) is 1. The summed E-state index contributed by atoms with van der Waals surface area (Å²) >= 11 is 5.76. The Morgan fingerprint density at radius 2 is 2.00 bits per heavy atom. The molecule has 1 fully saturated rings. The van der Waals surface area contributed by atoms with Gasteiger partial charge in [-0.15, -0.1) is 0 Å². The first-order valence-electron chi connectivity index (χ1n) is 10.0. The highest BCUT2D eigenvalue weighted by Crippen LogP contribution is 2.39. The van der Waals surface area contributed by atoms with Crippen LogP contribution in [0.15, 0.2) is 67.0 Å². The second-order valence-electron chi connectivity index (χ2n) is 7.63. The zero-order chi connectivity index (χ0) is 21.1. The molecule has 2 atom stereocenters. The van der Waals surface area contributed by atoms with Crippen LogP contribution in [0.2, 0.25) is 0 Å². The summed E-state index contributed by atoms with van der Waals surface area (Å²) in [6, 6.07) is 18.4. The molecule has 30 heavy (non-hydrogen) atoms. The van der Waals surface area contributed by atoms with Gasteiger partial charge in [0.2, 0.25) is 0 Å². The summed E-state index contributed by atoms with van der Waals surface area (Å²) in [5.74, 6) is 0.831. The third-order valence-corrected chi connectivity index (χ3v) is 5.75. The monoisotopic (exact) mass is 421 g/mol. The molecular weight excluding hydrogens is 394 g/mol. The molecule has 1 aliphatic rings. The minimum absolute atomic E-state index is 0.0218. The lowest BCUT2D eigenvalue weighted by molar-refractivity contribution is 0.272. The van der Waals surface area contributed by atoms with Crippen LogP contribution in [0.3, 0.4) is 0 Å². The highest BCUT2D eigenvalue weighted by atomic mass is 32.1. The number of hydrogen-bond donors (Lipinski definition) is 1. The molecule has 7 heteroatoms. The summed E-state index contributed by atoms with van der Waals surface area (Å²) in [4.78, 5) is 9.08. The van der Waals surface area contributed by atoms with Gasteiger partial charge in [0.15, 0.2) is 5.11 Å². The lowest BCUT2D eigenvalue weighted by Gasteiger charge is -2.29. The van der Waals surface area contributed by atoms with Crippen molar-refractivity contribution in [3.63, 3.8) is 0 Å². The topological polar surface area (TPSA) is 45.6 Å².